The van der Waals surface area contributed by atoms with Crippen molar-refractivity contribution in [1.82, 2.24) is 0 Å². The summed E-state index contributed by atoms with van der Waals surface area (Å²) in [5, 5.41) is 73.4. The van der Waals surface area contributed by atoms with Crippen LogP contribution in [0.4, 0.5) is 52.7 Å². The number of hydrogen-bond acceptors (Lipinski definition) is 21. The number of rotatable bonds is 21. The van der Waals surface area contributed by atoms with Gasteiger partial charge in [-0.3, -0.25) is 4.79 Å². The van der Waals surface area contributed by atoms with E-state index in [1.807, 2.05) is 0 Å². The van der Waals surface area contributed by atoms with Gasteiger partial charge in [-0.25, -0.2) is 41.9 Å². The van der Waals surface area contributed by atoms with Gasteiger partial charge in [0.1, 0.15) is 0 Å². The zero-order valence-corrected chi connectivity index (χ0v) is 81.5. The lowest BCUT2D eigenvalue weighted by Crippen LogP contribution is -2.58. The van der Waals surface area contributed by atoms with E-state index in [1.165, 1.54) is 67.2 Å². The molecule has 0 aromatic heterocycles. The van der Waals surface area contributed by atoms with Crippen molar-refractivity contribution < 1.29 is 155 Å². The van der Waals surface area contributed by atoms with Gasteiger partial charge < -0.3 is 68.9 Å². The first-order valence-electron chi connectivity index (χ1n) is 50.8. The van der Waals surface area contributed by atoms with Gasteiger partial charge in [0.25, 0.3) is 0 Å². The maximum atomic E-state index is 13.5. The second kappa shape index (κ2) is 36.4. The standard InChI is InChI=1S/C16H23F3O3.3C15H23FO3.3C14H20F2O3/c1-13(2,16(17,18)19)12(20)22-9-14-4-10-3-11(5-14)7-15(21,6-10)8-14;3*1-13(2,16)12(17)19-9-14-4-10-3-11(5-14)7-15(18,6-10)8-14;1-12(15,16)11(17)19-8-13-3-9-2-10(4-13)6-14(18,5-9)7-13;1-13(15,16)12(18)19-7-14-5-8-2-9(6-14)4-10(3-8)11(14)17;1-13(15,16)12(18)19-7-14-4-8-2-9(5-14)11(17)10(3-8)6-14/h10-11,21H,3-9H2,1-2H3;3*10-11,18H,3-9H2,1-2H3;9-10,18H,2-8H2,1H3;2*8-11,17H,2-7H2,1H3. The number of ether oxygens (including phenoxy) is 7. The summed E-state index contributed by atoms with van der Waals surface area (Å²) in [4.78, 5) is 80.2. The molecule has 0 heterocycles. The first-order chi connectivity index (χ1) is 62.3. The van der Waals surface area contributed by atoms with Crippen LogP contribution in [0.2, 0.25) is 0 Å². The molecular weight excluding hydrogens is 1800 g/mol. The second-order valence-corrected chi connectivity index (χ2v) is 52.5. The second-order valence-electron chi connectivity index (χ2n) is 52.5. The molecule has 21 nitrogen and oxygen atoms in total. The van der Waals surface area contributed by atoms with Crippen LogP contribution in [0.3, 0.4) is 0 Å². The minimum atomic E-state index is -4.62. The van der Waals surface area contributed by atoms with E-state index in [0.717, 1.165) is 213 Å². The van der Waals surface area contributed by atoms with Crippen LogP contribution in [0.5, 0.6) is 0 Å². The highest BCUT2D eigenvalue weighted by molar-refractivity contribution is 5.80. The third kappa shape index (κ3) is 23.4. The molecule has 0 radical (unpaired) electrons. The molecule has 15 atom stereocenters. The average Bonchev–Trinajstić information content (AvgIpc) is 0.739. The minimum absolute atomic E-state index is 0.000648. The van der Waals surface area contributed by atoms with Gasteiger partial charge in [-0.15, -0.1) is 0 Å². The predicted octanol–water partition coefficient (Wildman–Crippen LogP) is 18.5. The molecule has 33 heteroatoms. The lowest BCUT2D eigenvalue weighted by atomic mass is 9.48. The van der Waals surface area contributed by atoms with Crippen molar-refractivity contribution in [2.75, 3.05) is 46.2 Å². The average molecular weight is 1950 g/mol. The first-order valence-corrected chi connectivity index (χ1v) is 50.8. The quantitative estimate of drug-likeness (QED) is 0.0319. The van der Waals surface area contributed by atoms with Crippen LogP contribution < -0.4 is 0 Å². The molecule has 28 rings (SSSR count). The van der Waals surface area contributed by atoms with Crippen LogP contribution in [0.25, 0.3) is 0 Å². The Morgan fingerprint density at radius 2 is 0.441 bits per heavy atom. The number of carbonyl (C=O) groups excluding carboxylic acids is 7. The fourth-order valence-corrected chi connectivity index (χ4v) is 34.3. The monoisotopic (exact) mass is 1950 g/mol. The van der Waals surface area contributed by atoms with Gasteiger partial charge >= 0.3 is 65.7 Å². The van der Waals surface area contributed by atoms with E-state index >= 15 is 0 Å². The maximum absolute atomic E-state index is 13.5. The van der Waals surface area contributed by atoms with Crippen LogP contribution in [0, 0.1) is 138 Å². The smallest absolute Gasteiger partial charge is 0.404 e. The molecule has 28 bridgehead atoms. The number of alkyl halides is 12. The Hall–Kier alpha value is -4.83. The Labute approximate surface area is 791 Å². The van der Waals surface area contributed by atoms with Crippen molar-refractivity contribution in [3.05, 3.63) is 0 Å². The lowest BCUT2D eigenvalue weighted by Gasteiger charge is -2.60. The molecule has 0 saturated heterocycles. The van der Waals surface area contributed by atoms with Crippen molar-refractivity contribution in [2.45, 2.75) is 414 Å². The summed E-state index contributed by atoms with van der Waals surface area (Å²) in [7, 11) is 0. The van der Waals surface area contributed by atoms with Crippen LogP contribution >= 0.6 is 0 Å². The highest BCUT2D eigenvalue weighted by Crippen LogP contribution is 2.69. The molecule has 0 amide bonds. The van der Waals surface area contributed by atoms with Crippen molar-refractivity contribution in [1.29, 1.82) is 0 Å². The van der Waals surface area contributed by atoms with Crippen LogP contribution in [0.1, 0.15) is 333 Å². The van der Waals surface area contributed by atoms with Crippen LogP contribution in [-0.4, -0.2) is 205 Å². The van der Waals surface area contributed by atoms with Crippen molar-refractivity contribution in [2.24, 2.45) is 138 Å². The summed E-state index contributed by atoms with van der Waals surface area (Å²) in [5.74, 6) is -10.6. The molecule has 28 saturated carbocycles. The van der Waals surface area contributed by atoms with Gasteiger partial charge in [-0.05, 0) is 407 Å². The molecular formula is C103H152F12O21. The van der Waals surface area contributed by atoms with E-state index in [0.29, 0.717) is 130 Å². The molecule has 15 unspecified atom stereocenters. The van der Waals surface area contributed by atoms with Gasteiger partial charge in [0.2, 0.25) is 17.0 Å². The zero-order valence-electron chi connectivity index (χ0n) is 81.5. The lowest BCUT2D eigenvalue weighted by molar-refractivity contribution is -0.231. The highest BCUT2D eigenvalue weighted by atomic mass is 19.4. The molecule has 136 heavy (non-hydrogen) atoms. The number of hydrogen-bond donors (Lipinski definition) is 7. The normalized spacial score (nSPS) is 43.8. The number of halogens is 12. The highest BCUT2D eigenvalue weighted by Gasteiger charge is 2.66. The van der Waals surface area contributed by atoms with Gasteiger partial charge in [0, 0.05) is 58.7 Å². The Balaban J connectivity index is 0.000000121. The van der Waals surface area contributed by atoms with Crippen LogP contribution in [0.15, 0.2) is 0 Å². The summed E-state index contributed by atoms with van der Waals surface area (Å²) < 4.78 is 191. The number of carbonyl (C=O) groups is 7. The molecule has 0 aliphatic heterocycles. The summed E-state index contributed by atoms with van der Waals surface area (Å²) >= 11 is 0. The van der Waals surface area contributed by atoms with E-state index in [2.05, 4.69) is 0 Å². The molecule has 0 spiro atoms. The third-order valence-electron chi connectivity index (χ3n) is 36.8. The molecule has 28 aliphatic rings. The number of esters is 7. The molecule has 0 aromatic carbocycles. The fraction of sp³-hybridized carbons (Fsp3) is 0.932. The Morgan fingerprint density at radius 1 is 0.243 bits per heavy atom. The topological polar surface area (TPSA) is 326 Å². The first kappa shape index (κ1) is 105. The van der Waals surface area contributed by atoms with Gasteiger partial charge in [-0.1, -0.05) is 0 Å². The van der Waals surface area contributed by atoms with Crippen LogP contribution in [-0.2, 0) is 66.7 Å². The number of aliphatic hydroxyl groups is 7. The molecule has 774 valence electrons. The minimum Gasteiger partial charge on any atom is -0.464 e. The largest absolute Gasteiger partial charge is 0.464 e. The van der Waals surface area contributed by atoms with E-state index in [1.54, 1.807) is 0 Å². The van der Waals surface area contributed by atoms with Gasteiger partial charge in [0.15, 0.2) is 5.41 Å². The summed E-state index contributed by atoms with van der Waals surface area (Å²) in [5.41, 5.74) is -12.8. The Kier molecular flexibility index (Phi) is 28.2. The molecule has 28 aliphatic carbocycles. The summed E-state index contributed by atoms with van der Waals surface area (Å²) in [6.45, 7) is 11.6. The third-order valence-corrected chi connectivity index (χ3v) is 36.8. The number of aliphatic hydroxyl groups excluding tert-OH is 2. The summed E-state index contributed by atoms with van der Waals surface area (Å²) in [6.07, 6.45) is 31.5. The zero-order chi connectivity index (χ0) is 99.6. The Bertz CT molecular complexity index is 3970. The van der Waals surface area contributed by atoms with Crippen molar-refractivity contribution >= 4 is 41.8 Å². The fourth-order valence-electron chi connectivity index (χ4n) is 34.3. The predicted molar refractivity (Wildman–Crippen MR) is 468 cm³/mol. The summed E-state index contributed by atoms with van der Waals surface area (Å²) in [6, 6.07) is 0. The molecule has 7 N–H and O–H groups in total. The van der Waals surface area contributed by atoms with E-state index < -0.39 is 128 Å². The van der Waals surface area contributed by atoms with E-state index in [9.17, 15) is 122 Å². The molecule has 28 fully saturated rings. The SMILES string of the molecule is CC(C)(C(=O)OCC12CC3CC(CC(O)(C3)C1)C2)C(F)(F)F.CC(C)(F)C(=O)OCC12CC3CC(CC(O)(C3)C1)C2.CC(C)(F)C(=O)OCC12CC3CC(CC(O)(C3)C1)C2.CC(C)(F)C(=O)OCC12CC3CC(CC(O)(C3)C1)C2.CC(F)(F)C(=O)OCC12CC3CC(C1)C(O)C(C3)C2.CC(F)(F)C(=O)OCC12CC3CC(CC(C3)C1O)C2.CC(F)(F)C(=O)OCC12CC3CC(CC(O)(C3)C1)C2. The molecule has 0 aromatic rings. The van der Waals surface area contributed by atoms with Gasteiger partial charge in [0.05, 0.1) is 86.5 Å². The van der Waals surface area contributed by atoms with Crippen molar-refractivity contribution in [3.8, 4) is 0 Å². The van der Waals surface area contributed by atoms with E-state index in [4.69, 9.17) is 33.2 Å². The Morgan fingerprint density at radius 3 is 0.669 bits per heavy atom. The van der Waals surface area contributed by atoms with Gasteiger partial charge in [-0.2, -0.15) is 39.5 Å². The maximum Gasteiger partial charge on any atom is 0.404 e. The van der Waals surface area contributed by atoms with Crippen molar-refractivity contribution in [3.63, 3.8) is 0 Å². The van der Waals surface area contributed by atoms with E-state index in [-0.39, 0.29) is 103 Å².